The Labute approximate surface area is 229 Å². The number of nitrogens with two attached hydrogens (primary N) is 3. The fourth-order valence-corrected chi connectivity index (χ4v) is 5.26. The van der Waals surface area contributed by atoms with E-state index in [1.165, 1.54) is 0 Å². The minimum Gasteiger partial charge on any atom is -0.394 e. The van der Waals surface area contributed by atoms with Gasteiger partial charge in [-0.25, -0.2) is 0 Å². The van der Waals surface area contributed by atoms with E-state index >= 15 is 0 Å². The van der Waals surface area contributed by atoms with E-state index in [-0.39, 0.29) is 0 Å². The molecule has 0 aliphatic carbocycles. The molecule has 3 heterocycles. The number of benzene rings is 1. The van der Waals surface area contributed by atoms with Gasteiger partial charge in [0.05, 0.1) is 37.9 Å². The number of rotatable bonds is 8. The zero-order valence-corrected chi connectivity index (χ0v) is 21.4. The van der Waals surface area contributed by atoms with Gasteiger partial charge in [-0.1, -0.05) is 30.3 Å². The minimum atomic E-state index is -1.84. The summed E-state index contributed by atoms with van der Waals surface area (Å²) in [4.78, 5) is 0. The van der Waals surface area contributed by atoms with Crippen molar-refractivity contribution in [1.29, 1.82) is 0 Å². The maximum atomic E-state index is 11.1. The number of hydrogen-bond acceptors (Lipinski definition) is 16. The highest BCUT2D eigenvalue weighted by Crippen LogP contribution is 2.39. The molecule has 3 aliphatic heterocycles. The van der Waals surface area contributed by atoms with Crippen LogP contribution in [0.5, 0.6) is 0 Å². The van der Waals surface area contributed by atoms with Gasteiger partial charge >= 0.3 is 0 Å². The molecule has 0 aromatic heterocycles. The molecule has 40 heavy (non-hydrogen) atoms. The van der Waals surface area contributed by atoms with Crippen molar-refractivity contribution in [3.8, 4) is 0 Å². The molecule has 1 aromatic carbocycles. The van der Waals surface area contributed by atoms with Crippen molar-refractivity contribution in [1.82, 2.24) is 0 Å². The fourth-order valence-electron chi connectivity index (χ4n) is 5.26. The first-order valence-electron chi connectivity index (χ1n) is 12.9. The molecule has 228 valence electrons. The Morgan fingerprint density at radius 3 is 1.80 bits per heavy atom. The summed E-state index contributed by atoms with van der Waals surface area (Å²) in [6.07, 6.45) is -16.2. The summed E-state index contributed by atoms with van der Waals surface area (Å²) in [6.45, 7) is -2.15. The van der Waals surface area contributed by atoms with Crippen LogP contribution in [-0.4, -0.2) is 147 Å². The predicted molar refractivity (Wildman–Crippen MR) is 131 cm³/mol. The molecule has 0 saturated carbocycles. The number of ether oxygens (including phenoxy) is 5. The molecule has 0 spiro atoms. The summed E-state index contributed by atoms with van der Waals surface area (Å²) in [5, 5.41) is 82.9. The van der Waals surface area contributed by atoms with E-state index in [4.69, 9.17) is 40.9 Å². The second-order valence-electron chi connectivity index (χ2n) is 10.2. The summed E-state index contributed by atoms with van der Waals surface area (Å²) in [7, 11) is 0. The molecule has 16 heteroatoms. The highest BCUT2D eigenvalue weighted by Gasteiger charge is 2.56. The average molecular weight is 578 g/mol. The van der Waals surface area contributed by atoms with Gasteiger partial charge in [0.2, 0.25) is 0 Å². The molecule has 0 amide bonds. The van der Waals surface area contributed by atoms with E-state index in [9.17, 15) is 40.9 Å². The molecule has 0 radical (unpaired) electrons. The Morgan fingerprint density at radius 2 is 1.23 bits per heavy atom. The second-order valence-corrected chi connectivity index (χ2v) is 10.2. The lowest BCUT2D eigenvalue weighted by Gasteiger charge is -2.51. The molecule has 15 atom stereocenters. The van der Waals surface area contributed by atoms with Gasteiger partial charge in [-0.2, -0.15) is 0 Å². The minimum absolute atomic E-state index is 0.323. The smallest absolute Gasteiger partial charge is 0.177 e. The highest BCUT2D eigenvalue weighted by atomic mass is 16.7. The van der Waals surface area contributed by atoms with Crippen molar-refractivity contribution in [2.45, 2.75) is 91.4 Å². The monoisotopic (exact) mass is 577 g/mol. The third kappa shape index (κ3) is 5.64. The Bertz CT molecular complexity index is 948. The third-order valence-corrected chi connectivity index (χ3v) is 7.74. The van der Waals surface area contributed by atoms with Crippen molar-refractivity contribution in [3.63, 3.8) is 0 Å². The van der Waals surface area contributed by atoms with Crippen molar-refractivity contribution < 1.29 is 64.5 Å². The van der Waals surface area contributed by atoms with Gasteiger partial charge in [0.15, 0.2) is 18.9 Å². The fraction of sp³-hybridized carbons (Fsp3) is 0.750. The van der Waals surface area contributed by atoms with Crippen LogP contribution < -0.4 is 17.2 Å². The first kappa shape index (κ1) is 31.5. The van der Waals surface area contributed by atoms with Gasteiger partial charge in [-0.05, 0) is 5.56 Å². The van der Waals surface area contributed by atoms with Crippen molar-refractivity contribution >= 4 is 0 Å². The van der Waals surface area contributed by atoms with E-state index in [1.807, 2.05) is 0 Å². The van der Waals surface area contributed by atoms with Crippen molar-refractivity contribution in [2.24, 2.45) is 17.2 Å². The van der Waals surface area contributed by atoms with Crippen LogP contribution >= 0.6 is 0 Å². The molecule has 3 fully saturated rings. The lowest BCUT2D eigenvalue weighted by atomic mass is 9.81. The maximum Gasteiger partial charge on any atom is 0.177 e. The van der Waals surface area contributed by atoms with Crippen LogP contribution in [0.2, 0.25) is 0 Å². The van der Waals surface area contributed by atoms with E-state index in [0.717, 1.165) is 0 Å². The van der Waals surface area contributed by atoms with E-state index in [0.29, 0.717) is 5.56 Å². The molecule has 4 rings (SSSR count). The summed E-state index contributed by atoms with van der Waals surface area (Å²) in [5.41, 5.74) is 16.5. The second kappa shape index (κ2) is 12.8. The summed E-state index contributed by atoms with van der Waals surface area (Å²) < 4.78 is 28.5. The number of aliphatic hydroxyl groups is 8. The zero-order valence-electron chi connectivity index (χ0n) is 21.4. The Hall–Kier alpha value is -1.42. The SMILES string of the molecule is N[C@H]1[C@@H](OC2[C@@H](CO)O[C@@H](OC3[C@@H](CO)O[C@@H](O)[C@H](N)[C@H]3O)[C@H](N)[C@H]2O)O[C@@](CO)(c2ccccc2)[C@@H](O)[C@@H]1O. The van der Waals surface area contributed by atoms with E-state index < -0.39 is 111 Å². The molecule has 1 aromatic rings. The molecule has 0 bridgehead atoms. The van der Waals surface area contributed by atoms with Gasteiger partial charge in [-0.15, -0.1) is 0 Å². The quantitative estimate of drug-likeness (QED) is 0.137. The van der Waals surface area contributed by atoms with Crippen LogP contribution in [0.3, 0.4) is 0 Å². The van der Waals surface area contributed by atoms with Crippen LogP contribution in [0.15, 0.2) is 30.3 Å². The van der Waals surface area contributed by atoms with Gasteiger partial charge < -0.3 is 81.7 Å². The van der Waals surface area contributed by atoms with Crippen molar-refractivity contribution in [2.75, 3.05) is 19.8 Å². The molecular formula is C24H39N3O13. The summed E-state index contributed by atoms with van der Waals surface area (Å²) in [6, 6.07) is 4.12. The first-order chi connectivity index (χ1) is 19.0. The van der Waals surface area contributed by atoms with Crippen LogP contribution in [0.1, 0.15) is 5.56 Å². The lowest BCUT2D eigenvalue weighted by molar-refractivity contribution is -0.363. The van der Waals surface area contributed by atoms with Crippen LogP contribution in [-0.2, 0) is 29.3 Å². The van der Waals surface area contributed by atoms with Gasteiger partial charge in [0.1, 0.15) is 54.4 Å². The molecule has 3 aliphatic rings. The standard InChI is InChI=1S/C24H39N3O13/c25-12-15(31)18(10(6-28)36-21(12)35)38-22-13(26)16(32)19(11(7-29)37-22)39-23-14(27)17(33)20(34)24(8-30,40-23)9-4-2-1-3-5-9/h1-5,10-23,28-35H,6-8,25-27H2/t10-,11-,12-,13-,14-,15-,16-,17-,18?,19?,20+,21-,22+,23+,24+/m1/s1. The van der Waals surface area contributed by atoms with Gasteiger partial charge in [0.25, 0.3) is 0 Å². The number of hydrogen-bond donors (Lipinski definition) is 11. The van der Waals surface area contributed by atoms with Crippen LogP contribution in [0.25, 0.3) is 0 Å². The summed E-state index contributed by atoms with van der Waals surface area (Å²) >= 11 is 0. The average Bonchev–Trinajstić information content (AvgIpc) is 2.97. The van der Waals surface area contributed by atoms with E-state index in [1.54, 1.807) is 30.3 Å². The largest absolute Gasteiger partial charge is 0.394 e. The normalized spacial score (nSPS) is 48.2. The summed E-state index contributed by atoms with van der Waals surface area (Å²) in [5.74, 6) is 0. The first-order valence-corrected chi connectivity index (χ1v) is 12.9. The maximum absolute atomic E-state index is 11.1. The van der Waals surface area contributed by atoms with Gasteiger partial charge in [0, 0.05) is 0 Å². The Balaban J connectivity index is 1.53. The highest BCUT2D eigenvalue weighted by molar-refractivity contribution is 5.26. The molecule has 16 nitrogen and oxygen atoms in total. The molecule has 2 unspecified atom stereocenters. The third-order valence-electron chi connectivity index (χ3n) is 7.74. The Morgan fingerprint density at radius 1 is 0.700 bits per heavy atom. The van der Waals surface area contributed by atoms with Crippen LogP contribution in [0.4, 0.5) is 0 Å². The topological polar surface area (TPSA) is 286 Å². The van der Waals surface area contributed by atoms with Gasteiger partial charge in [-0.3, -0.25) is 0 Å². The number of aliphatic hydroxyl groups excluding tert-OH is 8. The van der Waals surface area contributed by atoms with E-state index in [2.05, 4.69) is 0 Å². The molecule has 14 N–H and O–H groups in total. The Kier molecular flexibility index (Phi) is 10.1. The van der Waals surface area contributed by atoms with Crippen molar-refractivity contribution in [3.05, 3.63) is 35.9 Å². The molecule has 3 saturated heterocycles. The van der Waals surface area contributed by atoms with Crippen LogP contribution in [0, 0.1) is 0 Å². The lowest BCUT2D eigenvalue weighted by Crippen LogP contribution is -2.70. The zero-order chi connectivity index (χ0) is 29.4. The predicted octanol–water partition coefficient (Wildman–Crippen LogP) is -6.15. The molecular weight excluding hydrogens is 538 g/mol.